The van der Waals surface area contributed by atoms with Gasteiger partial charge in [0.15, 0.2) is 0 Å². The van der Waals surface area contributed by atoms with Crippen molar-refractivity contribution < 1.29 is 14.3 Å². The lowest BCUT2D eigenvalue weighted by Crippen LogP contribution is -2.52. The molecular formula is C20H23N5O3. The van der Waals surface area contributed by atoms with Crippen molar-refractivity contribution in [2.24, 2.45) is 0 Å². The number of amides is 2. The van der Waals surface area contributed by atoms with Crippen LogP contribution < -0.4 is 14.5 Å². The molecule has 1 aromatic heterocycles. The summed E-state index contributed by atoms with van der Waals surface area (Å²) in [6.07, 6.45) is 5.29. The van der Waals surface area contributed by atoms with E-state index in [4.69, 9.17) is 4.74 Å². The molecule has 0 radical (unpaired) electrons. The van der Waals surface area contributed by atoms with Crippen molar-refractivity contribution in [1.82, 2.24) is 14.9 Å². The molecule has 0 saturated carbocycles. The van der Waals surface area contributed by atoms with Gasteiger partial charge in [-0.1, -0.05) is 0 Å². The maximum atomic E-state index is 13.0. The molecule has 2 aromatic rings. The molecule has 0 spiro atoms. The van der Waals surface area contributed by atoms with Crippen LogP contribution in [0.4, 0.5) is 11.5 Å². The highest BCUT2D eigenvalue weighted by atomic mass is 16.5. The molecule has 0 aliphatic carbocycles. The molecule has 0 N–H and O–H groups in total. The Morgan fingerprint density at radius 3 is 2.46 bits per heavy atom. The Balaban J connectivity index is 1.41. The monoisotopic (exact) mass is 381 g/mol. The van der Waals surface area contributed by atoms with Crippen LogP contribution in [0.1, 0.15) is 13.3 Å². The smallest absolute Gasteiger partial charge is 0.251 e. The molecule has 2 fully saturated rings. The fourth-order valence-electron chi connectivity index (χ4n) is 3.75. The second kappa shape index (κ2) is 7.93. The van der Waals surface area contributed by atoms with Gasteiger partial charge in [0.25, 0.3) is 5.91 Å². The van der Waals surface area contributed by atoms with Gasteiger partial charge >= 0.3 is 0 Å². The largest absolute Gasteiger partial charge is 0.494 e. The van der Waals surface area contributed by atoms with Crippen LogP contribution in [0.2, 0.25) is 0 Å². The Morgan fingerprint density at radius 1 is 1.07 bits per heavy atom. The highest BCUT2D eigenvalue weighted by Gasteiger charge is 2.43. The predicted molar refractivity (Wildman–Crippen MR) is 104 cm³/mol. The van der Waals surface area contributed by atoms with Crippen LogP contribution >= 0.6 is 0 Å². The zero-order chi connectivity index (χ0) is 19.5. The second-order valence-electron chi connectivity index (χ2n) is 6.80. The number of carbonyl (C=O) groups is 2. The van der Waals surface area contributed by atoms with Gasteiger partial charge in [-0.15, -0.1) is 0 Å². The van der Waals surface area contributed by atoms with Crippen LogP contribution in [-0.4, -0.2) is 65.5 Å². The van der Waals surface area contributed by atoms with Crippen molar-refractivity contribution in [2.45, 2.75) is 19.4 Å². The molecule has 2 saturated heterocycles. The molecule has 8 heteroatoms. The van der Waals surface area contributed by atoms with Gasteiger partial charge in [0.1, 0.15) is 11.6 Å². The number of ether oxygens (including phenoxy) is 1. The number of benzene rings is 1. The van der Waals surface area contributed by atoms with Crippen LogP contribution in [0.25, 0.3) is 0 Å². The Bertz CT molecular complexity index is 835. The fraction of sp³-hybridized carbons (Fsp3) is 0.400. The van der Waals surface area contributed by atoms with E-state index >= 15 is 0 Å². The highest BCUT2D eigenvalue weighted by Crippen LogP contribution is 2.28. The number of carbonyl (C=O) groups excluding carboxylic acids is 2. The van der Waals surface area contributed by atoms with E-state index in [2.05, 4.69) is 19.8 Å². The van der Waals surface area contributed by atoms with Crippen LogP contribution in [0.3, 0.4) is 0 Å². The maximum Gasteiger partial charge on any atom is 0.251 e. The topological polar surface area (TPSA) is 78.9 Å². The highest BCUT2D eigenvalue weighted by molar-refractivity contribution is 6.22. The number of hydrogen-bond donors (Lipinski definition) is 0. The predicted octanol–water partition coefficient (Wildman–Crippen LogP) is 1.33. The Kier molecular flexibility index (Phi) is 5.21. The SMILES string of the molecule is CCOc1ccc(N2C(=O)CC(N3CCN(c4cnccn4)CC3)C2=O)cc1. The average Bonchev–Trinajstić information content (AvgIpc) is 3.04. The molecule has 8 nitrogen and oxygen atoms in total. The van der Waals surface area contributed by atoms with Crippen molar-refractivity contribution in [3.63, 3.8) is 0 Å². The Morgan fingerprint density at radius 2 is 1.82 bits per heavy atom. The lowest BCUT2D eigenvalue weighted by Gasteiger charge is -2.37. The molecular weight excluding hydrogens is 358 g/mol. The number of piperazine rings is 1. The molecule has 1 unspecified atom stereocenters. The number of rotatable bonds is 5. The standard InChI is InChI=1S/C20H23N5O3/c1-2-28-16-5-3-15(4-6-16)25-19(26)13-17(20(25)27)23-9-11-24(12-10-23)18-14-21-7-8-22-18/h3-8,14,17H,2,9-13H2,1H3. The third-order valence-electron chi connectivity index (χ3n) is 5.16. The summed E-state index contributed by atoms with van der Waals surface area (Å²) in [6, 6.07) is 6.69. The quantitative estimate of drug-likeness (QED) is 0.723. The molecule has 1 aromatic carbocycles. The van der Waals surface area contributed by atoms with Crippen LogP contribution in [-0.2, 0) is 9.59 Å². The Hall–Kier alpha value is -3.00. The van der Waals surface area contributed by atoms with Crippen LogP contribution in [0.5, 0.6) is 5.75 Å². The van der Waals surface area contributed by atoms with E-state index in [1.54, 1.807) is 42.9 Å². The van der Waals surface area contributed by atoms with E-state index in [-0.39, 0.29) is 18.2 Å². The molecule has 2 aliphatic rings. The number of hydrogen-bond acceptors (Lipinski definition) is 7. The minimum Gasteiger partial charge on any atom is -0.494 e. The summed E-state index contributed by atoms with van der Waals surface area (Å²) in [5, 5.41) is 0. The molecule has 3 heterocycles. The summed E-state index contributed by atoms with van der Waals surface area (Å²) < 4.78 is 5.43. The van der Waals surface area contributed by atoms with Crippen LogP contribution in [0.15, 0.2) is 42.9 Å². The molecule has 0 bridgehead atoms. The van der Waals surface area contributed by atoms with Crippen molar-refractivity contribution in [2.75, 3.05) is 42.6 Å². The van der Waals surface area contributed by atoms with Crippen molar-refractivity contribution >= 4 is 23.3 Å². The first-order valence-electron chi connectivity index (χ1n) is 9.52. The number of imide groups is 1. The Labute approximate surface area is 163 Å². The van der Waals surface area contributed by atoms with E-state index in [0.29, 0.717) is 25.4 Å². The van der Waals surface area contributed by atoms with Gasteiger partial charge in [-0.2, -0.15) is 0 Å². The summed E-state index contributed by atoms with van der Waals surface area (Å²) in [5.74, 6) is 1.26. The van der Waals surface area contributed by atoms with Crippen LogP contribution in [0, 0.1) is 0 Å². The lowest BCUT2D eigenvalue weighted by molar-refractivity contribution is -0.123. The van der Waals surface area contributed by atoms with E-state index in [0.717, 1.165) is 24.7 Å². The minimum absolute atomic E-state index is 0.151. The lowest BCUT2D eigenvalue weighted by atomic mass is 10.1. The van der Waals surface area contributed by atoms with Gasteiger partial charge < -0.3 is 9.64 Å². The molecule has 2 amide bonds. The number of aromatic nitrogens is 2. The van der Waals surface area contributed by atoms with E-state index in [9.17, 15) is 9.59 Å². The van der Waals surface area contributed by atoms with Gasteiger partial charge in [0.05, 0.1) is 31.0 Å². The molecule has 28 heavy (non-hydrogen) atoms. The van der Waals surface area contributed by atoms with E-state index in [1.807, 2.05) is 6.92 Å². The van der Waals surface area contributed by atoms with Gasteiger partial charge in [0.2, 0.25) is 5.91 Å². The van der Waals surface area contributed by atoms with Crippen molar-refractivity contribution in [3.05, 3.63) is 42.9 Å². The molecule has 146 valence electrons. The second-order valence-corrected chi connectivity index (χ2v) is 6.80. The zero-order valence-corrected chi connectivity index (χ0v) is 15.8. The molecule has 2 aliphatic heterocycles. The van der Waals surface area contributed by atoms with E-state index in [1.165, 1.54) is 4.90 Å². The van der Waals surface area contributed by atoms with Gasteiger partial charge in [-0.25, -0.2) is 9.88 Å². The maximum absolute atomic E-state index is 13.0. The zero-order valence-electron chi connectivity index (χ0n) is 15.8. The first-order chi connectivity index (χ1) is 13.7. The third-order valence-corrected chi connectivity index (χ3v) is 5.16. The van der Waals surface area contributed by atoms with Gasteiger partial charge in [0, 0.05) is 38.6 Å². The first-order valence-corrected chi connectivity index (χ1v) is 9.52. The summed E-state index contributed by atoms with van der Waals surface area (Å²) in [6.45, 7) is 5.40. The summed E-state index contributed by atoms with van der Waals surface area (Å²) >= 11 is 0. The summed E-state index contributed by atoms with van der Waals surface area (Å²) in [5.41, 5.74) is 0.596. The van der Waals surface area contributed by atoms with Crippen molar-refractivity contribution in [1.29, 1.82) is 0 Å². The number of nitrogens with zero attached hydrogens (tertiary/aromatic N) is 5. The fourth-order valence-corrected chi connectivity index (χ4v) is 3.75. The molecule has 4 rings (SSSR count). The minimum atomic E-state index is -0.400. The van der Waals surface area contributed by atoms with Gasteiger partial charge in [-0.3, -0.25) is 19.5 Å². The first kappa shape index (κ1) is 18.4. The van der Waals surface area contributed by atoms with Crippen molar-refractivity contribution in [3.8, 4) is 5.75 Å². The summed E-state index contributed by atoms with van der Waals surface area (Å²) in [4.78, 5) is 39.5. The summed E-state index contributed by atoms with van der Waals surface area (Å²) in [7, 11) is 0. The molecule has 1 atom stereocenters. The average molecular weight is 381 g/mol. The van der Waals surface area contributed by atoms with Gasteiger partial charge in [-0.05, 0) is 31.2 Å². The number of anilines is 2. The normalized spacial score (nSPS) is 20.7. The third kappa shape index (κ3) is 3.55. The van der Waals surface area contributed by atoms with E-state index < -0.39 is 6.04 Å².